The molecule has 7 nitrogen and oxygen atoms in total. The number of aromatic amines is 1. The molecule has 3 aromatic rings. The number of rotatable bonds is 3. The highest BCUT2D eigenvalue weighted by Crippen LogP contribution is 2.20. The summed E-state index contributed by atoms with van der Waals surface area (Å²) in [6.45, 7) is 0. The van der Waals surface area contributed by atoms with Gasteiger partial charge in [-0.15, -0.1) is 0 Å². The smallest absolute Gasteiger partial charge is 0.372 e. The van der Waals surface area contributed by atoms with E-state index in [4.69, 9.17) is 0 Å². The first-order valence-corrected chi connectivity index (χ1v) is 7.90. The standard InChI is InChI=1S/C14H8F2N2O5S/c15-10-3-1-7(5-11(10)16)18-24(21,22)8-2-4-12-9(6-8)13(19)23-14(20)17-12/h1-6,18H,(H,17,20). The van der Waals surface area contributed by atoms with E-state index in [0.29, 0.717) is 6.07 Å². The molecule has 0 unspecified atom stereocenters. The maximum Gasteiger partial charge on any atom is 0.419 e. The number of hydrogen-bond acceptors (Lipinski definition) is 5. The third kappa shape index (κ3) is 2.91. The Kier molecular flexibility index (Phi) is 3.68. The Bertz CT molecular complexity index is 1170. The molecular weight excluding hydrogens is 346 g/mol. The van der Waals surface area contributed by atoms with Gasteiger partial charge in [0, 0.05) is 6.07 Å². The molecule has 124 valence electrons. The van der Waals surface area contributed by atoms with Crippen LogP contribution in [0.15, 0.2) is 55.3 Å². The zero-order valence-corrected chi connectivity index (χ0v) is 12.5. The van der Waals surface area contributed by atoms with Crippen molar-refractivity contribution in [3.63, 3.8) is 0 Å². The molecule has 0 aliphatic heterocycles. The van der Waals surface area contributed by atoms with Crippen LogP contribution in [0.3, 0.4) is 0 Å². The Morgan fingerprint density at radius 2 is 1.75 bits per heavy atom. The van der Waals surface area contributed by atoms with Gasteiger partial charge in [-0.1, -0.05) is 0 Å². The van der Waals surface area contributed by atoms with Crippen LogP contribution in [0.2, 0.25) is 0 Å². The van der Waals surface area contributed by atoms with Gasteiger partial charge < -0.3 is 4.42 Å². The van der Waals surface area contributed by atoms with Crippen molar-refractivity contribution in [2.75, 3.05) is 4.72 Å². The Morgan fingerprint density at radius 1 is 1.00 bits per heavy atom. The van der Waals surface area contributed by atoms with Crippen LogP contribution in [0.25, 0.3) is 10.9 Å². The van der Waals surface area contributed by atoms with Crippen molar-refractivity contribution in [2.24, 2.45) is 0 Å². The largest absolute Gasteiger partial charge is 0.419 e. The predicted octanol–water partition coefficient (Wildman–Crippen LogP) is 1.56. The molecule has 24 heavy (non-hydrogen) atoms. The molecule has 0 amide bonds. The summed E-state index contributed by atoms with van der Waals surface area (Å²) in [4.78, 5) is 24.6. The fourth-order valence-electron chi connectivity index (χ4n) is 2.02. The van der Waals surface area contributed by atoms with Gasteiger partial charge in [-0.2, -0.15) is 0 Å². The molecule has 0 saturated heterocycles. The van der Waals surface area contributed by atoms with E-state index >= 15 is 0 Å². The average molecular weight is 354 g/mol. The highest BCUT2D eigenvalue weighted by molar-refractivity contribution is 7.92. The highest BCUT2D eigenvalue weighted by Gasteiger charge is 2.17. The van der Waals surface area contributed by atoms with Crippen molar-refractivity contribution in [1.29, 1.82) is 0 Å². The van der Waals surface area contributed by atoms with Crippen LogP contribution in [-0.2, 0) is 10.0 Å². The molecule has 2 aromatic carbocycles. The number of anilines is 1. The summed E-state index contributed by atoms with van der Waals surface area (Å²) < 4.78 is 57.0. The second kappa shape index (κ2) is 5.57. The van der Waals surface area contributed by atoms with Crippen molar-refractivity contribution in [3.8, 4) is 0 Å². The fraction of sp³-hybridized carbons (Fsp3) is 0. The summed E-state index contributed by atoms with van der Waals surface area (Å²) in [7, 11) is -4.17. The van der Waals surface area contributed by atoms with Gasteiger partial charge >= 0.3 is 11.4 Å². The molecule has 10 heteroatoms. The first-order chi connectivity index (χ1) is 11.3. The Morgan fingerprint density at radius 3 is 2.46 bits per heavy atom. The SMILES string of the molecule is O=c1[nH]c2ccc(S(=O)(=O)Nc3ccc(F)c(F)c3)cc2c(=O)o1. The van der Waals surface area contributed by atoms with Crippen molar-refractivity contribution in [3.05, 3.63) is 69.0 Å². The lowest BCUT2D eigenvalue weighted by Crippen LogP contribution is -2.17. The maximum absolute atomic E-state index is 13.2. The summed E-state index contributed by atoms with van der Waals surface area (Å²) >= 11 is 0. The predicted molar refractivity (Wildman–Crippen MR) is 80.3 cm³/mol. The van der Waals surface area contributed by atoms with Crippen molar-refractivity contribution in [1.82, 2.24) is 4.98 Å². The van der Waals surface area contributed by atoms with Crippen molar-refractivity contribution in [2.45, 2.75) is 4.90 Å². The lowest BCUT2D eigenvalue weighted by Gasteiger charge is -2.09. The Balaban J connectivity index is 2.06. The van der Waals surface area contributed by atoms with E-state index < -0.39 is 33.0 Å². The summed E-state index contributed by atoms with van der Waals surface area (Å²) in [6, 6.07) is 5.85. The number of fused-ring (bicyclic) bond motifs is 1. The minimum Gasteiger partial charge on any atom is -0.372 e. The van der Waals surface area contributed by atoms with Gasteiger partial charge in [-0.05, 0) is 30.3 Å². The van der Waals surface area contributed by atoms with Gasteiger partial charge in [-0.25, -0.2) is 26.8 Å². The number of aromatic nitrogens is 1. The van der Waals surface area contributed by atoms with Gasteiger partial charge in [0.15, 0.2) is 11.6 Å². The van der Waals surface area contributed by atoms with E-state index in [1.54, 1.807) is 0 Å². The lowest BCUT2D eigenvalue weighted by molar-refractivity contribution is 0.460. The van der Waals surface area contributed by atoms with Crippen molar-refractivity contribution < 1.29 is 21.6 Å². The van der Waals surface area contributed by atoms with E-state index in [-0.39, 0.29) is 21.5 Å². The first kappa shape index (κ1) is 15.9. The Hall–Kier alpha value is -3.01. The normalized spacial score (nSPS) is 11.6. The van der Waals surface area contributed by atoms with E-state index in [1.807, 2.05) is 0 Å². The molecule has 0 fully saturated rings. The number of hydrogen-bond donors (Lipinski definition) is 2. The van der Waals surface area contributed by atoms with Crippen LogP contribution < -0.4 is 16.1 Å². The number of sulfonamides is 1. The lowest BCUT2D eigenvalue weighted by atomic mass is 10.2. The Labute approximate surface area is 132 Å². The van der Waals surface area contributed by atoms with E-state index in [1.165, 1.54) is 6.07 Å². The van der Waals surface area contributed by atoms with Crippen LogP contribution in [0.1, 0.15) is 0 Å². The number of benzene rings is 2. The average Bonchev–Trinajstić information content (AvgIpc) is 2.50. The molecule has 1 aromatic heterocycles. The van der Waals surface area contributed by atoms with Crippen LogP contribution in [0, 0.1) is 11.6 Å². The third-order valence-electron chi connectivity index (χ3n) is 3.12. The molecule has 0 bridgehead atoms. The van der Waals surface area contributed by atoms with Crippen LogP contribution in [0.5, 0.6) is 0 Å². The van der Waals surface area contributed by atoms with E-state index in [2.05, 4.69) is 14.1 Å². The van der Waals surface area contributed by atoms with E-state index in [9.17, 15) is 26.8 Å². The van der Waals surface area contributed by atoms with Crippen LogP contribution in [-0.4, -0.2) is 13.4 Å². The summed E-state index contributed by atoms with van der Waals surface area (Å²) in [5.41, 5.74) is -1.09. The second-order valence-electron chi connectivity index (χ2n) is 4.74. The summed E-state index contributed by atoms with van der Waals surface area (Å²) in [5.74, 6) is -3.31. The minimum atomic E-state index is -4.17. The molecule has 1 heterocycles. The molecule has 0 spiro atoms. The number of halogens is 2. The van der Waals surface area contributed by atoms with Crippen LogP contribution >= 0.6 is 0 Å². The molecule has 0 aliphatic carbocycles. The maximum atomic E-state index is 13.2. The van der Waals surface area contributed by atoms with Gasteiger partial charge in [0.25, 0.3) is 10.0 Å². The topological polar surface area (TPSA) is 109 Å². The second-order valence-corrected chi connectivity index (χ2v) is 6.43. The molecule has 0 atom stereocenters. The summed E-state index contributed by atoms with van der Waals surface area (Å²) in [5, 5.41) is -0.150. The minimum absolute atomic E-state index is 0.100. The monoisotopic (exact) mass is 354 g/mol. The van der Waals surface area contributed by atoms with E-state index in [0.717, 1.165) is 24.3 Å². The molecule has 0 saturated carbocycles. The highest BCUT2D eigenvalue weighted by atomic mass is 32.2. The van der Waals surface area contributed by atoms with Gasteiger partial charge in [0.2, 0.25) is 0 Å². The third-order valence-corrected chi connectivity index (χ3v) is 4.49. The fourth-order valence-corrected chi connectivity index (χ4v) is 3.09. The molecule has 2 N–H and O–H groups in total. The zero-order valence-electron chi connectivity index (χ0n) is 11.7. The van der Waals surface area contributed by atoms with Crippen molar-refractivity contribution >= 4 is 26.6 Å². The molecular formula is C14H8F2N2O5S. The molecule has 3 rings (SSSR count). The quantitative estimate of drug-likeness (QED) is 0.742. The first-order valence-electron chi connectivity index (χ1n) is 6.41. The van der Waals surface area contributed by atoms with Gasteiger partial charge in [0.1, 0.15) is 0 Å². The number of nitrogens with one attached hydrogen (secondary N) is 2. The van der Waals surface area contributed by atoms with Crippen LogP contribution in [0.4, 0.5) is 14.5 Å². The summed E-state index contributed by atoms with van der Waals surface area (Å²) in [6.07, 6.45) is 0. The zero-order chi connectivity index (χ0) is 17.5. The number of H-pyrrole nitrogens is 1. The molecule has 0 aliphatic rings. The van der Waals surface area contributed by atoms with Gasteiger partial charge in [-0.3, -0.25) is 9.71 Å². The molecule has 0 radical (unpaired) electrons. The van der Waals surface area contributed by atoms with Gasteiger partial charge in [0.05, 0.1) is 21.5 Å².